The van der Waals surface area contributed by atoms with Crippen LogP contribution in [0.4, 0.5) is 0 Å². The third kappa shape index (κ3) is 3.72. The van der Waals surface area contributed by atoms with Crippen molar-refractivity contribution in [2.24, 2.45) is 5.73 Å². The monoisotopic (exact) mass is 251 g/mol. The summed E-state index contributed by atoms with van der Waals surface area (Å²) >= 11 is 0. The summed E-state index contributed by atoms with van der Waals surface area (Å²) in [7, 11) is 0. The summed E-state index contributed by atoms with van der Waals surface area (Å²) in [6.45, 7) is 2.20. The molecule has 0 bridgehead atoms. The van der Waals surface area contributed by atoms with Gasteiger partial charge in [-0.3, -0.25) is 0 Å². The van der Waals surface area contributed by atoms with E-state index < -0.39 is 0 Å². The molecule has 0 heterocycles. The van der Waals surface area contributed by atoms with E-state index in [0.29, 0.717) is 0 Å². The number of hydrogen-bond acceptors (Lipinski definition) is 1. The molecule has 0 fully saturated rings. The maximum Gasteiger partial charge on any atom is -0.00625 e. The van der Waals surface area contributed by atoms with Crippen LogP contribution in [0.5, 0.6) is 0 Å². The Hall–Kier alpha value is -2.02. The fourth-order valence-corrected chi connectivity index (χ4v) is 2.35. The molecule has 0 radical (unpaired) electrons. The van der Waals surface area contributed by atoms with Gasteiger partial charge in [0.05, 0.1) is 0 Å². The van der Waals surface area contributed by atoms with Gasteiger partial charge in [-0.25, -0.2) is 0 Å². The molecule has 2 N–H and O–H groups in total. The molecule has 19 heavy (non-hydrogen) atoms. The number of rotatable bonds is 4. The summed E-state index contributed by atoms with van der Waals surface area (Å²) in [4.78, 5) is 0. The second kappa shape index (κ2) is 6.79. The van der Waals surface area contributed by atoms with Crippen molar-refractivity contribution in [1.29, 1.82) is 0 Å². The molecule has 1 aromatic rings. The molecule has 1 aliphatic rings. The van der Waals surface area contributed by atoms with Crippen LogP contribution in [-0.4, -0.2) is 0 Å². The molecule has 0 saturated heterocycles. The lowest BCUT2D eigenvalue weighted by Crippen LogP contribution is -1.93. The standard InChI is InChI=1S/C18H21N/c1-15-7-4-5-9-18(15)17-12-10-16(11-13-17)8-3-2-6-14-19/h2-4,6-7,10-14H,5,8-9,19H2,1H3/b3-2-,14-6-. The largest absolute Gasteiger partial charge is 0.405 e. The second-order valence-electron chi connectivity index (χ2n) is 4.82. The molecule has 1 aromatic carbocycles. The van der Waals surface area contributed by atoms with Gasteiger partial charge in [-0.15, -0.1) is 0 Å². The second-order valence-corrected chi connectivity index (χ2v) is 4.82. The summed E-state index contributed by atoms with van der Waals surface area (Å²) in [6.07, 6.45) is 15.2. The average molecular weight is 251 g/mol. The first-order valence-corrected chi connectivity index (χ1v) is 6.80. The van der Waals surface area contributed by atoms with Crippen molar-refractivity contribution in [3.05, 3.63) is 77.5 Å². The molecule has 0 aliphatic heterocycles. The lowest BCUT2D eigenvalue weighted by Gasteiger charge is -2.13. The third-order valence-electron chi connectivity index (χ3n) is 3.42. The fraction of sp³-hybridized carbons (Fsp3) is 0.222. The molecule has 2 rings (SSSR count). The van der Waals surface area contributed by atoms with Crippen LogP contribution in [0.3, 0.4) is 0 Å². The molecule has 0 spiro atoms. The highest BCUT2D eigenvalue weighted by molar-refractivity contribution is 5.71. The Morgan fingerprint density at radius 2 is 1.95 bits per heavy atom. The van der Waals surface area contributed by atoms with E-state index in [2.05, 4.69) is 49.4 Å². The minimum absolute atomic E-state index is 0.947. The molecule has 1 heteroatoms. The van der Waals surface area contributed by atoms with Gasteiger partial charge in [0.1, 0.15) is 0 Å². The van der Waals surface area contributed by atoms with Crippen LogP contribution in [-0.2, 0) is 6.42 Å². The van der Waals surface area contributed by atoms with E-state index in [1.807, 2.05) is 12.2 Å². The zero-order valence-corrected chi connectivity index (χ0v) is 11.5. The molecular weight excluding hydrogens is 230 g/mol. The maximum atomic E-state index is 5.28. The van der Waals surface area contributed by atoms with Gasteiger partial charge in [0, 0.05) is 0 Å². The van der Waals surface area contributed by atoms with Crippen LogP contribution in [0.25, 0.3) is 5.57 Å². The molecular formula is C18H21N. The molecule has 0 atom stereocenters. The zero-order chi connectivity index (χ0) is 13.5. The lowest BCUT2D eigenvalue weighted by molar-refractivity contribution is 1.04. The summed E-state index contributed by atoms with van der Waals surface area (Å²) in [5.74, 6) is 0. The lowest BCUT2D eigenvalue weighted by atomic mass is 9.92. The van der Waals surface area contributed by atoms with Crippen LogP contribution in [0.2, 0.25) is 0 Å². The van der Waals surface area contributed by atoms with Crippen molar-refractivity contribution in [2.75, 3.05) is 0 Å². The highest BCUT2D eigenvalue weighted by Crippen LogP contribution is 2.28. The van der Waals surface area contributed by atoms with E-state index in [1.54, 1.807) is 6.20 Å². The maximum absolute atomic E-state index is 5.28. The highest BCUT2D eigenvalue weighted by Gasteiger charge is 2.07. The molecule has 0 aromatic heterocycles. The Bertz CT molecular complexity index is 527. The van der Waals surface area contributed by atoms with E-state index in [9.17, 15) is 0 Å². The van der Waals surface area contributed by atoms with E-state index in [-0.39, 0.29) is 0 Å². The first-order valence-electron chi connectivity index (χ1n) is 6.80. The van der Waals surface area contributed by atoms with E-state index >= 15 is 0 Å². The Morgan fingerprint density at radius 1 is 1.16 bits per heavy atom. The topological polar surface area (TPSA) is 26.0 Å². The van der Waals surface area contributed by atoms with Crippen LogP contribution in [0.15, 0.2) is 66.4 Å². The van der Waals surface area contributed by atoms with E-state index in [1.165, 1.54) is 22.3 Å². The highest BCUT2D eigenvalue weighted by atomic mass is 14.5. The van der Waals surface area contributed by atoms with Crippen molar-refractivity contribution in [1.82, 2.24) is 0 Å². The SMILES string of the molecule is CC1=C(c2ccc(C/C=C\C=C/N)cc2)CCC=C1. The van der Waals surface area contributed by atoms with Gasteiger partial charge < -0.3 is 5.73 Å². The molecule has 98 valence electrons. The van der Waals surface area contributed by atoms with Gasteiger partial charge in [0.25, 0.3) is 0 Å². The Kier molecular flexibility index (Phi) is 4.79. The minimum Gasteiger partial charge on any atom is -0.405 e. The van der Waals surface area contributed by atoms with Gasteiger partial charge in [0.2, 0.25) is 0 Å². The van der Waals surface area contributed by atoms with Gasteiger partial charge in [-0.05, 0) is 60.7 Å². The van der Waals surface area contributed by atoms with Crippen molar-refractivity contribution in [2.45, 2.75) is 26.2 Å². The van der Waals surface area contributed by atoms with Gasteiger partial charge >= 0.3 is 0 Å². The zero-order valence-electron chi connectivity index (χ0n) is 11.5. The van der Waals surface area contributed by atoms with E-state index in [4.69, 9.17) is 5.73 Å². The summed E-state index contributed by atoms with van der Waals surface area (Å²) in [5.41, 5.74) is 10.8. The smallest absolute Gasteiger partial charge is 0.00625 e. The van der Waals surface area contributed by atoms with Crippen molar-refractivity contribution in [3.63, 3.8) is 0 Å². The normalized spacial score (nSPS) is 15.8. The molecule has 1 aliphatic carbocycles. The minimum atomic E-state index is 0.947. The van der Waals surface area contributed by atoms with Crippen molar-refractivity contribution >= 4 is 5.57 Å². The number of allylic oxidation sites excluding steroid dienone is 7. The number of hydrogen-bond donors (Lipinski definition) is 1. The van der Waals surface area contributed by atoms with Crippen LogP contribution in [0, 0.1) is 0 Å². The molecule has 1 nitrogen and oxygen atoms in total. The Balaban J connectivity index is 2.08. The third-order valence-corrected chi connectivity index (χ3v) is 3.42. The first kappa shape index (κ1) is 13.4. The number of benzene rings is 1. The summed E-state index contributed by atoms with van der Waals surface area (Å²) in [5, 5.41) is 0. The fourth-order valence-electron chi connectivity index (χ4n) is 2.35. The predicted molar refractivity (Wildman–Crippen MR) is 83.6 cm³/mol. The Labute approximate surface area is 115 Å². The van der Waals surface area contributed by atoms with Gasteiger partial charge in [-0.1, -0.05) is 48.6 Å². The first-order chi connectivity index (χ1) is 9.31. The predicted octanol–water partition coefficient (Wildman–Crippen LogP) is 4.38. The summed E-state index contributed by atoms with van der Waals surface area (Å²) < 4.78 is 0. The molecule has 0 amide bonds. The van der Waals surface area contributed by atoms with Crippen molar-refractivity contribution in [3.8, 4) is 0 Å². The summed E-state index contributed by atoms with van der Waals surface area (Å²) in [6, 6.07) is 8.90. The average Bonchev–Trinajstić information content (AvgIpc) is 2.45. The van der Waals surface area contributed by atoms with Crippen molar-refractivity contribution < 1.29 is 0 Å². The van der Waals surface area contributed by atoms with Crippen LogP contribution < -0.4 is 5.73 Å². The quantitative estimate of drug-likeness (QED) is 0.789. The Morgan fingerprint density at radius 3 is 2.63 bits per heavy atom. The van der Waals surface area contributed by atoms with Gasteiger partial charge in [-0.2, -0.15) is 0 Å². The van der Waals surface area contributed by atoms with Crippen LogP contribution >= 0.6 is 0 Å². The molecule has 0 saturated carbocycles. The molecule has 0 unspecified atom stereocenters. The number of nitrogens with two attached hydrogens (primary N) is 1. The van der Waals surface area contributed by atoms with Gasteiger partial charge in [0.15, 0.2) is 0 Å². The van der Waals surface area contributed by atoms with Crippen LogP contribution in [0.1, 0.15) is 30.9 Å². The van der Waals surface area contributed by atoms with E-state index in [0.717, 1.165) is 19.3 Å².